The van der Waals surface area contributed by atoms with Gasteiger partial charge >= 0.3 is 0 Å². The quantitative estimate of drug-likeness (QED) is 0.883. The van der Waals surface area contributed by atoms with Crippen molar-refractivity contribution in [2.24, 2.45) is 7.05 Å². The molecule has 0 saturated carbocycles. The SMILES string of the molecule is C[C@@H](CCc1cccn1C)NC(=O)c1c(Cl)cccc1Cl. The fourth-order valence-electron chi connectivity index (χ4n) is 2.20. The van der Waals surface area contributed by atoms with E-state index in [0.717, 1.165) is 12.8 Å². The summed E-state index contributed by atoms with van der Waals surface area (Å²) < 4.78 is 2.08. The highest BCUT2D eigenvalue weighted by Gasteiger charge is 2.16. The van der Waals surface area contributed by atoms with Crippen LogP contribution in [0.3, 0.4) is 0 Å². The lowest BCUT2D eigenvalue weighted by molar-refractivity contribution is 0.0938. The molecule has 0 fully saturated rings. The Kier molecular flexibility index (Phi) is 5.32. The summed E-state index contributed by atoms with van der Waals surface area (Å²) >= 11 is 12.1. The third-order valence-electron chi connectivity index (χ3n) is 3.45. The molecule has 1 aromatic carbocycles. The van der Waals surface area contributed by atoms with Crippen LogP contribution in [0.25, 0.3) is 0 Å². The van der Waals surface area contributed by atoms with Gasteiger partial charge in [-0.25, -0.2) is 0 Å². The lowest BCUT2D eigenvalue weighted by atomic mass is 10.1. The highest BCUT2D eigenvalue weighted by molar-refractivity contribution is 6.39. The van der Waals surface area contributed by atoms with Gasteiger partial charge in [-0.15, -0.1) is 0 Å². The van der Waals surface area contributed by atoms with Crippen LogP contribution in [-0.4, -0.2) is 16.5 Å². The zero-order valence-corrected chi connectivity index (χ0v) is 13.6. The lowest BCUT2D eigenvalue weighted by Crippen LogP contribution is -2.33. The molecule has 0 spiro atoms. The highest BCUT2D eigenvalue weighted by atomic mass is 35.5. The summed E-state index contributed by atoms with van der Waals surface area (Å²) in [6.07, 6.45) is 3.77. The summed E-state index contributed by atoms with van der Waals surface area (Å²) in [5.74, 6) is -0.231. The van der Waals surface area contributed by atoms with E-state index >= 15 is 0 Å². The van der Waals surface area contributed by atoms with Crippen molar-refractivity contribution in [3.63, 3.8) is 0 Å². The molecular weight excluding hydrogens is 307 g/mol. The maximum atomic E-state index is 12.2. The van der Waals surface area contributed by atoms with Gasteiger partial charge in [0.2, 0.25) is 0 Å². The highest BCUT2D eigenvalue weighted by Crippen LogP contribution is 2.24. The van der Waals surface area contributed by atoms with Crippen molar-refractivity contribution < 1.29 is 4.79 Å². The average Bonchev–Trinajstić information content (AvgIpc) is 2.81. The van der Waals surface area contributed by atoms with Crippen LogP contribution in [-0.2, 0) is 13.5 Å². The van der Waals surface area contributed by atoms with Gasteiger partial charge < -0.3 is 9.88 Å². The van der Waals surface area contributed by atoms with Crippen LogP contribution < -0.4 is 5.32 Å². The van der Waals surface area contributed by atoms with Gasteiger partial charge in [-0.05, 0) is 44.0 Å². The summed E-state index contributed by atoms with van der Waals surface area (Å²) in [5.41, 5.74) is 1.58. The molecule has 0 bridgehead atoms. The van der Waals surface area contributed by atoms with Gasteiger partial charge in [-0.1, -0.05) is 29.3 Å². The van der Waals surface area contributed by atoms with Gasteiger partial charge in [-0.2, -0.15) is 0 Å². The van der Waals surface area contributed by atoms with Gasteiger partial charge in [0.05, 0.1) is 15.6 Å². The number of nitrogens with one attached hydrogen (secondary N) is 1. The van der Waals surface area contributed by atoms with E-state index in [0.29, 0.717) is 15.6 Å². The molecule has 0 saturated heterocycles. The first kappa shape index (κ1) is 15.9. The van der Waals surface area contributed by atoms with E-state index < -0.39 is 0 Å². The normalized spacial score (nSPS) is 12.2. The van der Waals surface area contributed by atoms with Crippen LogP contribution in [0.4, 0.5) is 0 Å². The Hall–Kier alpha value is -1.45. The van der Waals surface area contributed by atoms with Crippen LogP contribution in [0.2, 0.25) is 10.0 Å². The van der Waals surface area contributed by atoms with Crippen molar-refractivity contribution in [2.75, 3.05) is 0 Å². The first-order chi connectivity index (χ1) is 9.99. The topological polar surface area (TPSA) is 34.0 Å². The van der Waals surface area contributed by atoms with Crippen LogP contribution in [0.15, 0.2) is 36.5 Å². The molecule has 0 aliphatic carbocycles. The smallest absolute Gasteiger partial charge is 0.254 e. The first-order valence-corrected chi connectivity index (χ1v) is 7.59. The maximum absolute atomic E-state index is 12.2. The fraction of sp³-hybridized carbons (Fsp3) is 0.312. The number of nitrogens with zero attached hydrogens (tertiary/aromatic N) is 1. The molecule has 1 heterocycles. The second-order valence-electron chi connectivity index (χ2n) is 5.12. The monoisotopic (exact) mass is 324 g/mol. The number of benzene rings is 1. The number of aromatic nitrogens is 1. The van der Waals surface area contributed by atoms with Gasteiger partial charge in [0.15, 0.2) is 0 Å². The van der Waals surface area contributed by atoms with Crippen LogP contribution in [0.5, 0.6) is 0 Å². The number of carbonyl (C=O) groups excluding carboxylic acids is 1. The minimum atomic E-state index is -0.231. The average molecular weight is 325 g/mol. The Morgan fingerprint density at radius 1 is 1.24 bits per heavy atom. The van der Waals surface area contributed by atoms with E-state index in [2.05, 4.69) is 16.0 Å². The fourth-order valence-corrected chi connectivity index (χ4v) is 2.77. The van der Waals surface area contributed by atoms with Crippen molar-refractivity contribution in [2.45, 2.75) is 25.8 Å². The predicted molar refractivity (Wildman–Crippen MR) is 87.1 cm³/mol. The number of halogens is 2. The molecule has 2 rings (SSSR count). The Balaban J connectivity index is 1.95. The van der Waals surface area contributed by atoms with E-state index in [-0.39, 0.29) is 11.9 Å². The lowest BCUT2D eigenvalue weighted by Gasteiger charge is -2.15. The number of rotatable bonds is 5. The minimum Gasteiger partial charge on any atom is -0.354 e. The van der Waals surface area contributed by atoms with Crippen LogP contribution in [0, 0.1) is 0 Å². The summed E-state index contributed by atoms with van der Waals surface area (Å²) in [7, 11) is 2.02. The molecule has 0 unspecified atom stereocenters. The van der Waals surface area contributed by atoms with E-state index in [1.165, 1.54) is 5.69 Å². The van der Waals surface area contributed by atoms with Gasteiger partial charge in [-0.3, -0.25) is 4.79 Å². The summed E-state index contributed by atoms with van der Waals surface area (Å²) in [6, 6.07) is 9.19. The molecule has 0 radical (unpaired) electrons. The second kappa shape index (κ2) is 7.01. The molecule has 21 heavy (non-hydrogen) atoms. The summed E-state index contributed by atoms with van der Waals surface area (Å²) in [4.78, 5) is 12.2. The summed E-state index contributed by atoms with van der Waals surface area (Å²) in [6.45, 7) is 1.98. The zero-order valence-electron chi connectivity index (χ0n) is 12.1. The van der Waals surface area contributed by atoms with Gasteiger partial charge in [0.1, 0.15) is 0 Å². The summed E-state index contributed by atoms with van der Waals surface area (Å²) in [5, 5.41) is 3.68. The van der Waals surface area contributed by atoms with Crippen molar-refractivity contribution in [3.05, 3.63) is 57.8 Å². The Morgan fingerprint density at radius 2 is 1.90 bits per heavy atom. The Bertz CT molecular complexity index is 617. The zero-order chi connectivity index (χ0) is 15.4. The Labute approximate surface area is 134 Å². The molecule has 1 N–H and O–H groups in total. The third kappa shape index (κ3) is 4.02. The number of hydrogen-bond acceptors (Lipinski definition) is 1. The van der Waals surface area contributed by atoms with E-state index in [9.17, 15) is 4.79 Å². The minimum absolute atomic E-state index is 0.0414. The number of hydrogen-bond donors (Lipinski definition) is 1. The molecule has 0 aliphatic rings. The molecular formula is C16H18Cl2N2O. The molecule has 1 aromatic heterocycles. The molecule has 0 aliphatic heterocycles. The molecule has 2 aromatic rings. The van der Waals surface area contributed by atoms with Gasteiger partial charge in [0.25, 0.3) is 5.91 Å². The maximum Gasteiger partial charge on any atom is 0.254 e. The molecule has 112 valence electrons. The molecule has 3 nitrogen and oxygen atoms in total. The predicted octanol–water partition coefficient (Wildman–Crippen LogP) is 4.08. The molecule has 5 heteroatoms. The second-order valence-corrected chi connectivity index (χ2v) is 5.93. The van der Waals surface area contributed by atoms with E-state index in [1.807, 2.05) is 26.2 Å². The van der Waals surface area contributed by atoms with E-state index in [4.69, 9.17) is 23.2 Å². The standard InChI is InChI=1S/C16H18Cl2N2O/c1-11(8-9-12-5-4-10-20(12)2)19-16(21)15-13(17)6-3-7-14(15)18/h3-7,10-11H,8-9H2,1-2H3,(H,19,21)/t11-/m0/s1. The third-order valence-corrected chi connectivity index (χ3v) is 4.08. The first-order valence-electron chi connectivity index (χ1n) is 6.84. The van der Waals surface area contributed by atoms with Crippen molar-refractivity contribution >= 4 is 29.1 Å². The van der Waals surface area contributed by atoms with E-state index in [1.54, 1.807) is 18.2 Å². The van der Waals surface area contributed by atoms with Crippen LogP contribution >= 0.6 is 23.2 Å². The van der Waals surface area contributed by atoms with Crippen molar-refractivity contribution in [3.8, 4) is 0 Å². The van der Waals surface area contributed by atoms with Crippen molar-refractivity contribution in [1.29, 1.82) is 0 Å². The van der Waals surface area contributed by atoms with Crippen LogP contribution in [0.1, 0.15) is 29.4 Å². The number of carbonyl (C=O) groups is 1. The number of amides is 1. The van der Waals surface area contributed by atoms with Crippen molar-refractivity contribution in [1.82, 2.24) is 9.88 Å². The Morgan fingerprint density at radius 3 is 2.48 bits per heavy atom. The molecule has 1 amide bonds. The largest absolute Gasteiger partial charge is 0.354 e. The molecule has 1 atom stereocenters. The number of aryl methyl sites for hydroxylation is 2. The van der Waals surface area contributed by atoms with Gasteiger partial charge in [0, 0.05) is 25.0 Å².